The minimum absolute atomic E-state index is 0.0280. The average Bonchev–Trinajstić information content (AvgIpc) is 2.73. The molecule has 156 valence electrons. The van der Waals surface area contributed by atoms with E-state index < -0.39 is 7.37 Å². The Morgan fingerprint density at radius 1 is 1.07 bits per heavy atom. The molecule has 2 aromatic rings. The number of hydrogen-bond acceptors (Lipinski definition) is 3. The summed E-state index contributed by atoms with van der Waals surface area (Å²) in [6, 6.07) is 17.1. The van der Waals surface area contributed by atoms with Crippen LogP contribution in [0.5, 0.6) is 5.75 Å². The maximum atomic E-state index is 14.5. The predicted molar refractivity (Wildman–Crippen MR) is 122 cm³/mol. The highest BCUT2D eigenvalue weighted by Gasteiger charge is 2.39. The van der Waals surface area contributed by atoms with E-state index in [1.807, 2.05) is 54.6 Å². The minimum atomic E-state index is -3.32. The molecule has 3 rings (SSSR count). The highest BCUT2D eigenvalue weighted by molar-refractivity contribution is 7.76. The zero-order chi connectivity index (χ0) is 21.0. The first-order valence-electron chi connectivity index (χ1n) is 10.5. The van der Waals surface area contributed by atoms with E-state index in [1.165, 1.54) is 6.42 Å². The number of rotatable bonds is 7. The normalized spacial score (nSPS) is 24.1. The second kappa shape index (κ2) is 9.32. The number of benzene rings is 2. The molecule has 0 saturated heterocycles. The molecule has 0 spiro atoms. The van der Waals surface area contributed by atoms with Gasteiger partial charge < -0.3 is 9.26 Å². The number of hydrogen-bond donors (Lipinski definition) is 0. The SMILES string of the molecule is C=C(c1ccc(OC)cc1)P(=O)(O[C@@H]1C[C@H](C)CC[C@H]1C(C)C)c1ccccc1. The first-order chi connectivity index (χ1) is 13.8. The van der Waals surface area contributed by atoms with Crippen molar-refractivity contribution in [3.05, 3.63) is 66.7 Å². The van der Waals surface area contributed by atoms with Crippen LogP contribution >= 0.6 is 7.37 Å². The van der Waals surface area contributed by atoms with Crippen molar-refractivity contribution in [3.63, 3.8) is 0 Å². The van der Waals surface area contributed by atoms with Crippen LogP contribution in [-0.4, -0.2) is 13.2 Å². The van der Waals surface area contributed by atoms with Gasteiger partial charge in [0.05, 0.1) is 13.2 Å². The first kappa shape index (κ1) is 21.9. The van der Waals surface area contributed by atoms with Gasteiger partial charge in [0.2, 0.25) is 0 Å². The van der Waals surface area contributed by atoms with E-state index >= 15 is 0 Å². The molecule has 4 heteroatoms. The van der Waals surface area contributed by atoms with Gasteiger partial charge >= 0.3 is 0 Å². The third-order valence-electron chi connectivity index (χ3n) is 6.12. The quantitative estimate of drug-likeness (QED) is 0.472. The molecule has 1 fully saturated rings. The molecule has 4 atom stereocenters. The fourth-order valence-corrected chi connectivity index (χ4v) is 6.52. The summed E-state index contributed by atoms with van der Waals surface area (Å²) in [4.78, 5) is 0. The van der Waals surface area contributed by atoms with Gasteiger partial charge in [-0.2, -0.15) is 0 Å². The lowest BCUT2D eigenvalue weighted by Gasteiger charge is -2.39. The molecule has 2 aromatic carbocycles. The number of methoxy groups -OCH3 is 1. The van der Waals surface area contributed by atoms with Crippen molar-refractivity contribution in [2.45, 2.75) is 46.1 Å². The molecule has 1 unspecified atom stereocenters. The van der Waals surface area contributed by atoms with Gasteiger partial charge in [-0.05, 0) is 60.4 Å². The summed E-state index contributed by atoms with van der Waals surface area (Å²) in [7, 11) is -1.68. The van der Waals surface area contributed by atoms with Gasteiger partial charge in [0.25, 0.3) is 7.37 Å². The number of ether oxygens (including phenoxy) is 1. The summed E-state index contributed by atoms with van der Waals surface area (Å²) < 4.78 is 26.3. The van der Waals surface area contributed by atoms with E-state index in [1.54, 1.807) is 7.11 Å². The van der Waals surface area contributed by atoms with Crippen molar-refractivity contribution in [2.75, 3.05) is 7.11 Å². The van der Waals surface area contributed by atoms with Crippen LogP contribution < -0.4 is 10.0 Å². The second-order valence-corrected chi connectivity index (χ2v) is 10.9. The van der Waals surface area contributed by atoms with Crippen LogP contribution in [0.3, 0.4) is 0 Å². The Balaban J connectivity index is 1.99. The highest BCUT2D eigenvalue weighted by Crippen LogP contribution is 2.60. The largest absolute Gasteiger partial charge is 0.497 e. The van der Waals surface area contributed by atoms with Crippen molar-refractivity contribution < 1.29 is 13.8 Å². The topological polar surface area (TPSA) is 35.5 Å². The lowest BCUT2D eigenvalue weighted by atomic mass is 9.75. The van der Waals surface area contributed by atoms with Crippen molar-refractivity contribution in [3.8, 4) is 5.75 Å². The summed E-state index contributed by atoms with van der Waals surface area (Å²) in [6.07, 6.45) is 3.24. The zero-order valence-corrected chi connectivity index (χ0v) is 18.9. The maximum absolute atomic E-state index is 14.5. The molecule has 0 aromatic heterocycles. The average molecular weight is 413 g/mol. The Morgan fingerprint density at radius 3 is 2.31 bits per heavy atom. The van der Waals surface area contributed by atoms with E-state index in [0.29, 0.717) is 28.4 Å². The van der Waals surface area contributed by atoms with Crippen LogP contribution in [0, 0.1) is 17.8 Å². The molecule has 0 aliphatic heterocycles. The molecule has 3 nitrogen and oxygen atoms in total. The molecule has 0 bridgehead atoms. The Hall–Kier alpha value is -1.83. The lowest BCUT2D eigenvalue weighted by Crippen LogP contribution is -2.34. The third-order valence-corrected chi connectivity index (χ3v) is 8.63. The Bertz CT molecular complexity index is 857. The summed E-state index contributed by atoms with van der Waals surface area (Å²) in [5, 5.41) is 1.26. The monoisotopic (exact) mass is 412 g/mol. The summed E-state index contributed by atoms with van der Waals surface area (Å²) in [6.45, 7) is 11.0. The van der Waals surface area contributed by atoms with Crippen molar-refractivity contribution >= 4 is 18.0 Å². The smallest absolute Gasteiger partial charge is 0.261 e. The molecular weight excluding hydrogens is 379 g/mol. The first-order valence-corrected chi connectivity index (χ1v) is 12.2. The van der Waals surface area contributed by atoms with Crippen LogP contribution in [0.1, 0.15) is 45.6 Å². The fraction of sp³-hybridized carbons (Fsp3) is 0.440. The van der Waals surface area contributed by atoms with Crippen LogP contribution in [0.15, 0.2) is 61.2 Å². The Kier molecular flexibility index (Phi) is 7.03. The van der Waals surface area contributed by atoms with Crippen molar-refractivity contribution in [1.29, 1.82) is 0 Å². The minimum Gasteiger partial charge on any atom is -0.497 e. The molecular formula is C25H33O3P. The summed E-state index contributed by atoms with van der Waals surface area (Å²) in [5.41, 5.74) is 0.822. The Morgan fingerprint density at radius 2 is 1.72 bits per heavy atom. The maximum Gasteiger partial charge on any atom is 0.261 e. The van der Waals surface area contributed by atoms with E-state index in [-0.39, 0.29) is 6.10 Å². The van der Waals surface area contributed by atoms with Crippen LogP contribution in [0.4, 0.5) is 0 Å². The molecule has 1 aliphatic carbocycles. The van der Waals surface area contributed by atoms with Crippen LogP contribution in [0.25, 0.3) is 5.31 Å². The van der Waals surface area contributed by atoms with E-state index in [4.69, 9.17) is 9.26 Å². The van der Waals surface area contributed by atoms with E-state index in [9.17, 15) is 4.57 Å². The van der Waals surface area contributed by atoms with E-state index in [2.05, 4.69) is 27.4 Å². The zero-order valence-electron chi connectivity index (χ0n) is 18.0. The molecule has 1 aliphatic rings. The van der Waals surface area contributed by atoms with Crippen molar-refractivity contribution in [2.24, 2.45) is 17.8 Å². The second-order valence-electron chi connectivity index (χ2n) is 8.53. The lowest BCUT2D eigenvalue weighted by molar-refractivity contribution is 0.0516. The highest BCUT2D eigenvalue weighted by atomic mass is 31.2. The standard InChI is InChI=1S/C25H33O3P/c1-18(2)24-16-11-19(3)17-25(24)28-29(26,23-9-7-6-8-10-23)20(4)21-12-14-22(27-5)15-13-21/h6-10,12-15,18-19,24-25H,4,11,16-17H2,1-3,5H3/t19-,24+,25-,29?/m1/s1. The molecule has 0 amide bonds. The van der Waals surface area contributed by atoms with Gasteiger partial charge in [-0.15, -0.1) is 0 Å². The Labute approximate surface area is 175 Å². The molecule has 0 N–H and O–H groups in total. The van der Waals surface area contributed by atoms with Crippen LogP contribution in [0.2, 0.25) is 0 Å². The summed E-state index contributed by atoms with van der Waals surface area (Å²) in [5.74, 6) is 2.24. The van der Waals surface area contributed by atoms with Gasteiger partial charge in [0.15, 0.2) is 0 Å². The third kappa shape index (κ3) is 4.85. The fourth-order valence-electron chi connectivity index (χ4n) is 4.28. The predicted octanol–water partition coefficient (Wildman–Crippen LogP) is 6.75. The summed E-state index contributed by atoms with van der Waals surface area (Å²) >= 11 is 0. The van der Waals surface area contributed by atoms with Gasteiger partial charge in [-0.25, -0.2) is 0 Å². The van der Waals surface area contributed by atoms with Gasteiger partial charge in [-0.1, -0.05) is 64.1 Å². The van der Waals surface area contributed by atoms with Gasteiger partial charge in [0, 0.05) is 10.6 Å². The van der Waals surface area contributed by atoms with Gasteiger partial charge in [-0.3, -0.25) is 4.57 Å². The molecule has 1 saturated carbocycles. The van der Waals surface area contributed by atoms with E-state index in [0.717, 1.165) is 24.2 Å². The molecule has 29 heavy (non-hydrogen) atoms. The van der Waals surface area contributed by atoms with Gasteiger partial charge in [0.1, 0.15) is 5.75 Å². The molecule has 0 radical (unpaired) electrons. The van der Waals surface area contributed by atoms with Crippen LogP contribution in [-0.2, 0) is 9.09 Å². The molecule has 0 heterocycles. The van der Waals surface area contributed by atoms with Crippen molar-refractivity contribution in [1.82, 2.24) is 0 Å².